The summed E-state index contributed by atoms with van der Waals surface area (Å²) in [5, 5.41) is 11.5. The van der Waals surface area contributed by atoms with E-state index in [1.807, 2.05) is 34.6 Å². The summed E-state index contributed by atoms with van der Waals surface area (Å²) in [6, 6.07) is -0.414. The molecule has 2 atom stereocenters. The molecule has 1 amide bonds. The molecular formula is C16H26N2O4S. The van der Waals surface area contributed by atoms with E-state index in [1.54, 1.807) is 16.2 Å². The fourth-order valence-corrected chi connectivity index (χ4v) is 3.41. The molecule has 1 aliphatic heterocycles. The van der Waals surface area contributed by atoms with Gasteiger partial charge >= 0.3 is 6.09 Å². The van der Waals surface area contributed by atoms with E-state index in [4.69, 9.17) is 9.47 Å². The summed E-state index contributed by atoms with van der Waals surface area (Å²) in [6.45, 7) is 10.7. The number of nitrogens with zero attached hydrogens (tertiary/aromatic N) is 2. The van der Waals surface area contributed by atoms with Crippen LogP contribution >= 0.6 is 11.3 Å². The average Bonchev–Trinajstić information content (AvgIpc) is 2.75. The zero-order valence-corrected chi connectivity index (χ0v) is 15.3. The monoisotopic (exact) mass is 342 g/mol. The molecule has 0 aliphatic carbocycles. The minimum Gasteiger partial charge on any atom is -0.444 e. The third kappa shape index (κ3) is 4.89. The van der Waals surface area contributed by atoms with Crippen molar-refractivity contribution in [2.24, 2.45) is 0 Å². The Bertz CT molecular complexity index is 533. The Morgan fingerprint density at radius 2 is 2.22 bits per heavy atom. The van der Waals surface area contributed by atoms with Gasteiger partial charge in [0.05, 0.1) is 36.1 Å². The zero-order valence-electron chi connectivity index (χ0n) is 14.5. The number of carbonyl (C=O) groups excluding carboxylic acids is 1. The summed E-state index contributed by atoms with van der Waals surface area (Å²) in [4.78, 5) is 19.5. The number of aliphatic hydroxyl groups is 1. The molecule has 2 unspecified atom stereocenters. The minimum absolute atomic E-state index is 0.309. The molecule has 1 saturated heterocycles. The first kappa shape index (κ1) is 18.2. The number of aliphatic hydroxyl groups excluding tert-OH is 1. The molecule has 0 spiro atoms. The molecule has 6 nitrogen and oxygen atoms in total. The highest BCUT2D eigenvalue weighted by molar-refractivity contribution is 7.11. The number of amides is 1. The molecule has 23 heavy (non-hydrogen) atoms. The van der Waals surface area contributed by atoms with Crippen molar-refractivity contribution >= 4 is 17.4 Å². The van der Waals surface area contributed by atoms with Crippen molar-refractivity contribution in [2.75, 3.05) is 19.8 Å². The lowest BCUT2D eigenvalue weighted by Crippen LogP contribution is -2.55. The largest absolute Gasteiger partial charge is 0.444 e. The number of carbonyl (C=O) groups is 1. The lowest BCUT2D eigenvalue weighted by atomic mass is 10.1. The molecule has 1 fully saturated rings. The maximum Gasteiger partial charge on any atom is 0.410 e. The highest BCUT2D eigenvalue weighted by Gasteiger charge is 2.35. The smallest absolute Gasteiger partial charge is 0.410 e. The summed E-state index contributed by atoms with van der Waals surface area (Å²) in [5.74, 6) is 0. The standard InChI is InChI=1S/C16H26N2O4S/c1-10-11(2)23-14(17-10)8-13(19)12-9-21-7-6-18(12)15(20)22-16(3,4)5/h12-13,19H,6-9H2,1-5H3. The van der Waals surface area contributed by atoms with Crippen molar-refractivity contribution in [3.8, 4) is 0 Å². The topological polar surface area (TPSA) is 71.9 Å². The third-order valence-electron chi connectivity index (χ3n) is 3.69. The molecule has 1 aromatic heterocycles. The number of hydrogen-bond acceptors (Lipinski definition) is 6. The number of thiazole rings is 1. The number of ether oxygens (including phenoxy) is 2. The molecule has 0 saturated carbocycles. The van der Waals surface area contributed by atoms with Gasteiger partial charge in [-0.1, -0.05) is 0 Å². The van der Waals surface area contributed by atoms with Crippen molar-refractivity contribution < 1.29 is 19.4 Å². The van der Waals surface area contributed by atoms with Crippen LogP contribution in [0, 0.1) is 13.8 Å². The molecular weight excluding hydrogens is 316 g/mol. The molecule has 0 aromatic carbocycles. The highest BCUT2D eigenvalue weighted by atomic mass is 32.1. The lowest BCUT2D eigenvalue weighted by molar-refractivity contribution is -0.0660. The first-order chi connectivity index (χ1) is 10.7. The van der Waals surface area contributed by atoms with E-state index >= 15 is 0 Å². The fourth-order valence-electron chi connectivity index (χ4n) is 2.43. The first-order valence-electron chi connectivity index (χ1n) is 7.85. The summed E-state index contributed by atoms with van der Waals surface area (Å²) < 4.78 is 10.9. The van der Waals surface area contributed by atoms with Crippen molar-refractivity contribution in [2.45, 2.75) is 58.8 Å². The van der Waals surface area contributed by atoms with E-state index in [0.29, 0.717) is 26.2 Å². The Hall–Kier alpha value is -1.18. The molecule has 2 rings (SSSR count). The van der Waals surface area contributed by atoms with Gasteiger partial charge in [0, 0.05) is 17.8 Å². The van der Waals surface area contributed by atoms with Crippen LogP contribution in [-0.4, -0.2) is 58.6 Å². The predicted molar refractivity (Wildman–Crippen MR) is 88.8 cm³/mol. The Morgan fingerprint density at radius 1 is 1.52 bits per heavy atom. The predicted octanol–water partition coefficient (Wildman–Crippen LogP) is 2.30. The molecule has 1 N–H and O–H groups in total. The molecule has 0 radical (unpaired) electrons. The van der Waals surface area contributed by atoms with Gasteiger partial charge in [0.25, 0.3) is 0 Å². The van der Waals surface area contributed by atoms with Gasteiger partial charge in [-0.15, -0.1) is 11.3 Å². The van der Waals surface area contributed by atoms with Gasteiger partial charge in [0.15, 0.2) is 0 Å². The van der Waals surface area contributed by atoms with E-state index in [0.717, 1.165) is 15.6 Å². The van der Waals surface area contributed by atoms with E-state index in [9.17, 15) is 9.90 Å². The van der Waals surface area contributed by atoms with E-state index in [2.05, 4.69) is 4.98 Å². The van der Waals surface area contributed by atoms with Gasteiger partial charge in [0.1, 0.15) is 5.60 Å². The Morgan fingerprint density at radius 3 is 2.78 bits per heavy atom. The maximum atomic E-state index is 12.4. The normalized spacial score (nSPS) is 20.4. The number of aryl methyl sites for hydroxylation is 2. The molecule has 2 heterocycles. The van der Waals surface area contributed by atoms with Gasteiger partial charge in [-0.05, 0) is 34.6 Å². The van der Waals surface area contributed by atoms with Crippen LogP contribution in [0.1, 0.15) is 36.3 Å². The number of morpholine rings is 1. The third-order valence-corrected chi connectivity index (χ3v) is 4.79. The quantitative estimate of drug-likeness (QED) is 0.912. The summed E-state index contributed by atoms with van der Waals surface area (Å²) in [7, 11) is 0. The molecule has 0 bridgehead atoms. The van der Waals surface area contributed by atoms with Crippen LogP contribution in [0.5, 0.6) is 0 Å². The van der Waals surface area contributed by atoms with Crippen molar-refractivity contribution in [3.63, 3.8) is 0 Å². The Labute approximate surface area is 141 Å². The Kier molecular flexibility index (Phi) is 5.65. The van der Waals surface area contributed by atoms with Gasteiger partial charge in [-0.25, -0.2) is 9.78 Å². The summed E-state index contributed by atoms with van der Waals surface area (Å²) in [5.41, 5.74) is 0.426. The number of hydrogen-bond donors (Lipinski definition) is 1. The van der Waals surface area contributed by atoms with Gasteiger partial charge < -0.3 is 14.6 Å². The Balaban J connectivity index is 2.06. The molecule has 7 heteroatoms. The molecule has 1 aliphatic rings. The maximum absolute atomic E-state index is 12.4. The van der Waals surface area contributed by atoms with Crippen LogP contribution in [0.4, 0.5) is 4.79 Å². The van der Waals surface area contributed by atoms with Crippen molar-refractivity contribution in [1.29, 1.82) is 0 Å². The van der Waals surface area contributed by atoms with Crippen LogP contribution in [0.3, 0.4) is 0 Å². The summed E-state index contributed by atoms with van der Waals surface area (Å²) >= 11 is 1.58. The van der Waals surface area contributed by atoms with E-state index in [1.165, 1.54) is 0 Å². The van der Waals surface area contributed by atoms with Crippen LogP contribution in [0.15, 0.2) is 0 Å². The van der Waals surface area contributed by atoms with Crippen molar-refractivity contribution in [1.82, 2.24) is 9.88 Å². The van der Waals surface area contributed by atoms with Gasteiger partial charge in [-0.3, -0.25) is 4.90 Å². The van der Waals surface area contributed by atoms with E-state index < -0.39 is 23.8 Å². The fraction of sp³-hybridized carbons (Fsp3) is 0.750. The SMILES string of the molecule is Cc1nc(CC(O)C2COCCN2C(=O)OC(C)(C)C)sc1C. The lowest BCUT2D eigenvalue weighted by Gasteiger charge is -2.38. The summed E-state index contributed by atoms with van der Waals surface area (Å²) in [6.07, 6.45) is -0.726. The van der Waals surface area contributed by atoms with Crippen LogP contribution in [-0.2, 0) is 15.9 Å². The molecule has 130 valence electrons. The second kappa shape index (κ2) is 7.15. The first-order valence-corrected chi connectivity index (χ1v) is 8.67. The zero-order chi connectivity index (χ0) is 17.2. The van der Waals surface area contributed by atoms with Gasteiger partial charge in [0.2, 0.25) is 0 Å². The molecule has 1 aromatic rings. The van der Waals surface area contributed by atoms with Gasteiger partial charge in [-0.2, -0.15) is 0 Å². The highest BCUT2D eigenvalue weighted by Crippen LogP contribution is 2.22. The second-order valence-corrected chi connectivity index (χ2v) is 8.12. The van der Waals surface area contributed by atoms with Crippen molar-refractivity contribution in [3.05, 3.63) is 15.6 Å². The minimum atomic E-state index is -0.729. The van der Waals surface area contributed by atoms with Crippen LogP contribution < -0.4 is 0 Å². The average molecular weight is 342 g/mol. The number of rotatable bonds is 3. The van der Waals surface area contributed by atoms with Crippen LogP contribution in [0.25, 0.3) is 0 Å². The second-order valence-electron chi connectivity index (χ2n) is 6.84. The van der Waals surface area contributed by atoms with Crippen LogP contribution in [0.2, 0.25) is 0 Å². The number of aromatic nitrogens is 1. The van der Waals surface area contributed by atoms with E-state index in [-0.39, 0.29) is 0 Å².